The topological polar surface area (TPSA) is 12.5 Å². The number of alkyl halides is 2. The summed E-state index contributed by atoms with van der Waals surface area (Å²) in [5.41, 5.74) is 0.0314. The summed E-state index contributed by atoms with van der Waals surface area (Å²) in [6.45, 7) is 2.76. The van der Waals surface area contributed by atoms with Gasteiger partial charge in [0, 0.05) is 19.4 Å². The highest BCUT2D eigenvalue weighted by molar-refractivity contribution is 5.14. The lowest BCUT2D eigenvalue weighted by Crippen LogP contribution is -2.40. The van der Waals surface area contributed by atoms with Gasteiger partial charge in [0.05, 0.1) is 18.6 Å². The molecule has 0 bridgehead atoms. The second-order valence-electron chi connectivity index (χ2n) is 7.60. The molecule has 2 aliphatic rings. The molecule has 1 aliphatic heterocycles. The van der Waals surface area contributed by atoms with Gasteiger partial charge in [0.25, 0.3) is 5.92 Å². The molecule has 1 saturated carbocycles. The molecule has 3 rings (SSSR count). The summed E-state index contributed by atoms with van der Waals surface area (Å²) in [6, 6.07) is 9.72. The summed E-state index contributed by atoms with van der Waals surface area (Å²) in [5, 5.41) is 0. The van der Waals surface area contributed by atoms with Gasteiger partial charge in [0.15, 0.2) is 0 Å². The zero-order valence-electron chi connectivity index (χ0n) is 14.7. The van der Waals surface area contributed by atoms with Gasteiger partial charge < -0.3 is 9.64 Å². The van der Waals surface area contributed by atoms with Crippen LogP contribution >= 0.6 is 0 Å². The Balaban J connectivity index is 1.46. The van der Waals surface area contributed by atoms with E-state index in [9.17, 15) is 8.78 Å². The van der Waals surface area contributed by atoms with Gasteiger partial charge in [0.2, 0.25) is 0 Å². The SMILES string of the molecule is C#CCCC1CCN(C[C@@]2(COCc3ccccc3)CC2(F)F)CC1. The Morgan fingerprint density at radius 1 is 1.20 bits per heavy atom. The molecule has 2 fully saturated rings. The molecule has 0 N–H and O–H groups in total. The van der Waals surface area contributed by atoms with Crippen molar-refractivity contribution in [3.8, 4) is 12.3 Å². The number of piperidine rings is 1. The Kier molecular flexibility index (Phi) is 5.76. The van der Waals surface area contributed by atoms with E-state index in [0.717, 1.165) is 44.3 Å². The van der Waals surface area contributed by atoms with Gasteiger partial charge >= 0.3 is 0 Å². The van der Waals surface area contributed by atoms with Gasteiger partial charge in [-0.1, -0.05) is 30.3 Å². The van der Waals surface area contributed by atoms with Gasteiger partial charge in [-0.05, 0) is 43.8 Å². The van der Waals surface area contributed by atoms with E-state index in [1.54, 1.807) is 0 Å². The molecule has 136 valence electrons. The normalized spacial score (nSPS) is 26.3. The number of halogens is 2. The van der Waals surface area contributed by atoms with Crippen LogP contribution in [0.1, 0.15) is 37.7 Å². The Morgan fingerprint density at radius 2 is 1.88 bits per heavy atom. The van der Waals surface area contributed by atoms with Gasteiger partial charge in [-0.15, -0.1) is 12.3 Å². The van der Waals surface area contributed by atoms with Gasteiger partial charge in [-0.25, -0.2) is 8.78 Å². The van der Waals surface area contributed by atoms with Crippen molar-refractivity contribution in [3.05, 3.63) is 35.9 Å². The minimum Gasteiger partial charge on any atom is -0.376 e. The molecule has 0 radical (unpaired) electrons. The molecular weight excluding hydrogens is 320 g/mol. The number of ether oxygens (including phenoxy) is 1. The quantitative estimate of drug-likeness (QED) is 0.648. The van der Waals surface area contributed by atoms with Crippen LogP contribution < -0.4 is 0 Å². The van der Waals surface area contributed by atoms with Crippen molar-refractivity contribution in [1.82, 2.24) is 4.90 Å². The minimum absolute atomic E-state index is 0.0498. The predicted molar refractivity (Wildman–Crippen MR) is 95.3 cm³/mol. The number of hydrogen-bond donors (Lipinski definition) is 0. The third kappa shape index (κ3) is 4.59. The van der Waals surface area contributed by atoms with E-state index in [1.165, 1.54) is 0 Å². The average Bonchev–Trinajstić information content (AvgIpc) is 3.15. The first kappa shape index (κ1) is 18.4. The maximum atomic E-state index is 14.0. The smallest absolute Gasteiger partial charge is 0.258 e. The molecule has 1 heterocycles. The van der Waals surface area contributed by atoms with Crippen LogP contribution in [0, 0.1) is 23.7 Å². The van der Waals surface area contributed by atoms with Crippen molar-refractivity contribution >= 4 is 0 Å². The minimum atomic E-state index is -2.59. The number of rotatable bonds is 8. The fraction of sp³-hybridized carbons (Fsp3) is 0.619. The number of hydrogen-bond acceptors (Lipinski definition) is 2. The van der Waals surface area contributed by atoms with Crippen molar-refractivity contribution in [2.24, 2.45) is 11.3 Å². The second kappa shape index (κ2) is 7.85. The maximum Gasteiger partial charge on any atom is 0.258 e. The van der Waals surface area contributed by atoms with Gasteiger partial charge in [0.1, 0.15) is 0 Å². The molecule has 1 saturated heterocycles. The molecule has 25 heavy (non-hydrogen) atoms. The molecule has 4 heteroatoms. The van der Waals surface area contributed by atoms with Gasteiger partial charge in [-0.2, -0.15) is 0 Å². The van der Waals surface area contributed by atoms with E-state index in [2.05, 4.69) is 10.8 Å². The van der Waals surface area contributed by atoms with Crippen LogP contribution in [0.3, 0.4) is 0 Å². The van der Waals surface area contributed by atoms with Crippen molar-refractivity contribution in [1.29, 1.82) is 0 Å². The molecule has 1 atom stereocenters. The average molecular weight is 347 g/mol. The highest BCUT2D eigenvalue weighted by atomic mass is 19.3. The molecule has 0 aromatic heterocycles. The van der Waals surface area contributed by atoms with Crippen molar-refractivity contribution in [3.63, 3.8) is 0 Å². The summed E-state index contributed by atoms with van der Waals surface area (Å²) in [6.07, 6.45) is 9.28. The van der Waals surface area contributed by atoms with Crippen LogP contribution in [0.2, 0.25) is 0 Å². The molecular formula is C21H27F2NO. The zero-order chi connectivity index (χ0) is 17.8. The van der Waals surface area contributed by atoms with E-state index in [1.807, 2.05) is 30.3 Å². The molecule has 1 aromatic carbocycles. The zero-order valence-corrected chi connectivity index (χ0v) is 14.7. The summed E-state index contributed by atoms with van der Waals surface area (Å²) < 4.78 is 33.8. The first-order chi connectivity index (χ1) is 12.0. The van der Waals surface area contributed by atoms with E-state index in [-0.39, 0.29) is 13.0 Å². The van der Waals surface area contributed by atoms with Crippen molar-refractivity contribution < 1.29 is 13.5 Å². The maximum absolute atomic E-state index is 14.0. The number of nitrogens with zero attached hydrogens (tertiary/aromatic N) is 1. The van der Waals surface area contributed by atoms with Crippen LogP contribution in [-0.2, 0) is 11.3 Å². The first-order valence-corrected chi connectivity index (χ1v) is 9.20. The number of benzene rings is 1. The van der Waals surface area contributed by atoms with E-state index < -0.39 is 11.3 Å². The molecule has 2 nitrogen and oxygen atoms in total. The third-order valence-corrected chi connectivity index (χ3v) is 5.63. The van der Waals surface area contributed by atoms with Crippen LogP contribution in [0.15, 0.2) is 30.3 Å². The number of terminal acetylenes is 1. The van der Waals surface area contributed by atoms with E-state index in [4.69, 9.17) is 11.2 Å². The molecule has 0 spiro atoms. The Morgan fingerprint density at radius 3 is 2.48 bits per heavy atom. The lowest BCUT2D eigenvalue weighted by Gasteiger charge is -2.34. The van der Waals surface area contributed by atoms with Crippen LogP contribution in [0.25, 0.3) is 0 Å². The van der Waals surface area contributed by atoms with Crippen molar-refractivity contribution in [2.75, 3.05) is 26.2 Å². The lowest BCUT2D eigenvalue weighted by molar-refractivity contribution is -0.0162. The first-order valence-electron chi connectivity index (χ1n) is 9.20. The third-order valence-electron chi connectivity index (χ3n) is 5.63. The largest absolute Gasteiger partial charge is 0.376 e. The molecule has 0 amide bonds. The van der Waals surface area contributed by atoms with Gasteiger partial charge in [-0.3, -0.25) is 0 Å². The summed E-state index contributed by atoms with van der Waals surface area (Å²) >= 11 is 0. The summed E-state index contributed by atoms with van der Waals surface area (Å²) in [7, 11) is 0. The van der Waals surface area contributed by atoms with E-state index in [0.29, 0.717) is 19.1 Å². The van der Waals surface area contributed by atoms with E-state index >= 15 is 0 Å². The van der Waals surface area contributed by atoms with Crippen LogP contribution in [-0.4, -0.2) is 37.1 Å². The highest BCUT2D eigenvalue weighted by Gasteiger charge is 2.71. The predicted octanol–water partition coefficient (Wildman–Crippen LogP) is 4.35. The fourth-order valence-electron chi connectivity index (χ4n) is 3.84. The fourth-order valence-corrected chi connectivity index (χ4v) is 3.84. The standard InChI is InChI=1S/C21H27F2NO/c1-2-3-7-18-10-12-24(13-11-18)16-20(15-21(20,22)23)17-25-14-19-8-5-4-6-9-19/h1,4-6,8-9,18H,3,7,10-17H2/t20-/m1/s1. The molecule has 1 aliphatic carbocycles. The molecule has 1 aromatic rings. The Bertz CT molecular complexity index is 590. The number of likely N-dealkylation sites (tertiary alicyclic amines) is 1. The van der Waals surface area contributed by atoms with Crippen LogP contribution in [0.4, 0.5) is 8.78 Å². The summed E-state index contributed by atoms with van der Waals surface area (Å²) in [4.78, 5) is 2.19. The summed E-state index contributed by atoms with van der Waals surface area (Å²) in [5.74, 6) is 0.750. The highest BCUT2D eigenvalue weighted by Crippen LogP contribution is 2.61. The van der Waals surface area contributed by atoms with Crippen molar-refractivity contribution in [2.45, 2.75) is 44.6 Å². The lowest BCUT2D eigenvalue weighted by atomic mass is 9.91. The Hall–Kier alpha value is -1.44. The monoisotopic (exact) mass is 347 g/mol. The Labute approximate surface area is 149 Å². The second-order valence-corrected chi connectivity index (χ2v) is 7.60. The van der Waals surface area contributed by atoms with Crippen LogP contribution in [0.5, 0.6) is 0 Å². The molecule has 0 unspecified atom stereocenters.